The van der Waals surface area contributed by atoms with Crippen LogP contribution in [0, 0.1) is 6.42 Å². The number of rotatable bonds is 7. The average molecular weight is 297 g/mol. The molecule has 4 nitrogen and oxygen atoms in total. The van der Waals surface area contributed by atoms with Gasteiger partial charge in [-0.25, -0.2) is 0 Å². The van der Waals surface area contributed by atoms with Gasteiger partial charge in [-0.1, -0.05) is 36.4 Å². The third-order valence-electron chi connectivity index (χ3n) is 3.65. The number of ether oxygens (including phenoxy) is 2. The highest BCUT2D eigenvalue weighted by Crippen LogP contribution is 2.32. The summed E-state index contributed by atoms with van der Waals surface area (Å²) in [6, 6.07) is 16.3. The highest BCUT2D eigenvalue weighted by Gasteiger charge is 2.14. The zero-order valence-corrected chi connectivity index (χ0v) is 12.5. The summed E-state index contributed by atoms with van der Waals surface area (Å²) in [5.41, 5.74) is 8.60. The van der Waals surface area contributed by atoms with Crippen LogP contribution in [0.2, 0.25) is 0 Å². The highest BCUT2D eigenvalue weighted by molar-refractivity contribution is 5.44. The van der Waals surface area contributed by atoms with Crippen molar-refractivity contribution in [2.45, 2.75) is 19.0 Å². The van der Waals surface area contributed by atoms with E-state index >= 15 is 0 Å². The van der Waals surface area contributed by atoms with Crippen LogP contribution in [-0.4, -0.2) is 19.4 Å². The van der Waals surface area contributed by atoms with Gasteiger partial charge in [0, 0.05) is 19.1 Å². The third kappa shape index (κ3) is 4.00. The van der Waals surface area contributed by atoms with E-state index in [1.807, 2.05) is 36.4 Å². The normalized spacial score (nSPS) is 14.0. The fourth-order valence-electron chi connectivity index (χ4n) is 2.47. The van der Waals surface area contributed by atoms with Gasteiger partial charge in [-0.2, -0.15) is 0 Å². The van der Waals surface area contributed by atoms with Gasteiger partial charge in [-0.05, 0) is 36.1 Å². The Labute approximate surface area is 131 Å². The van der Waals surface area contributed by atoms with Crippen LogP contribution in [0.25, 0.3) is 0 Å². The van der Waals surface area contributed by atoms with E-state index in [1.54, 1.807) is 0 Å². The van der Waals surface area contributed by atoms with Gasteiger partial charge in [0.15, 0.2) is 11.5 Å². The lowest BCUT2D eigenvalue weighted by Gasteiger charge is -2.12. The van der Waals surface area contributed by atoms with E-state index in [1.165, 1.54) is 5.56 Å². The smallest absolute Gasteiger partial charge is 0.231 e. The van der Waals surface area contributed by atoms with E-state index < -0.39 is 0 Å². The molecule has 4 heteroatoms. The predicted molar refractivity (Wildman–Crippen MR) is 86.7 cm³/mol. The predicted octanol–water partition coefficient (Wildman–Crippen LogP) is 2.28. The number of hydrogen-bond acceptors (Lipinski definition) is 4. The molecule has 0 amide bonds. The van der Waals surface area contributed by atoms with Gasteiger partial charge in [0.1, 0.15) is 0 Å². The lowest BCUT2D eigenvalue weighted by Crippen LogP contribution is -2.29. The molecular formula is C18H21N2O2. The van der Waals surface area contributed by atoms with Crippen molar-refractivity contribution in [3.63, 3.8) is 0 Å². The molecule has 0 spiro atoms. The number of nitrogens with two attached hydrogens (primary N) is 1. The van der Waals surface area contributed by atoms with Crippen LogP contribution in [0.4, 0.5) is 0 Å². The number of hydrogen-bond donors (Lipinski definition) is 2. The molecular weight excluding hydrogens is 276 g/mol. The second kappa shape index (κ2) is 7.29. The molecule has 0 aliphatic carbocycles. The Morgan fingerprint density at radius 1 is 1.05 bits per heavy atom. The Morgan fingerprint density at radius 3 is 2.73 bits per heavy atom. The van der Waals surface area contributed by atoms with Gasteiger partial charge >= 0.3 is 0 Å². The van der Waals surface area contributed by atoms with E-state index in [2.05, 4.69) is 23.9 Å². The zero-order chi connectivity index (χ0) is 15.2. The molecule has 3 N–H and O–H groups in total. The molecule has 0 aromatic heterocycles. The van der Waals surface area contributed by atoms with Gasteiger partial charge in [0.05, 0.1) is 0 Å². The Hall–Kier alpha value is -2.04. The number of benzene rings is 2. The second-order valence-electron chi connectivity index (χ2n) is 5.41. The molecule has 0 bridgehead atoms. The fraction of sp³-hybridized carbons (Fsp3) is 0.278. The quantitative estimate of drug-likeness (QED) is 0.770. The molecule has 1 heterocycles. The molecule has 1 atom stereocenters. The van der Waals surface area contributed by atoms with Crippen molar-refractivity contribution in [2.75, 3.05) is 13.3 Å². The van der Waals surface area contributed by atoms with Crippen molar-refractivity contribution in [1.29, 1.82) is 0 Å². The topological polar surface area (TPSA) is 56.5 Å². The maximum atomic E-state index is 6.16. The van der Waals surface area contributed by atoms with Crippen LogP contribution in [0.1, 0.15) is 11.1 Å². The van der Waals surface area contributed by atoms with Gasteiger partial charge in [-0.15, -0.1) is 0 Å². The minimum atomic E-state index is 0.0173. The first-order valence-electron chi connectivity index (χ1n) is 7.53. The molecule has 1 aliphatic rings. The van der Waals surface area contributed by atoms with Crippen LogP contribution in [-0.2, 0) is 13.0 Å². The Balaban J connectivity index is 1.40. The molecule has 2 aromatic carbocycles. The van der Waals surface area contributed by atoms with Crippen LogP contribution < -0.4 is 20.5 Å². The molecule has 0 fully saturated rings. The average Bonchev–Trinajstić information content (AvgIpc) is 3.00. The van der Waals surface area contributed by atoms with Crippen molar-refractivity contribution in [2.24, 2.45) is 5.73 Å². The Bertz CT molecular complexity index is 601. The third-order valence-corrected chi connectivity index (χ3v) is 3.65. The SMILES string of the molecule is NC([CH]CNCc1ccccc1)Cc1ccc2c(c1)OCO2. The molecule has 3 rings (SSSR count). The van der Waals surface area contributed by atoms with Crippen molar-refractivity contribution in [3.8, 4) is 11.5 Å². The summed E-state index contributed by atoms with van der Waals surface area (Å²) in [5.74, 6) is 1.62. The summed E-state index contributed by atoms with van der Waals surface area (Å²) in [4.78, 5) is 0. The summed E-state index contributed by atoms with van der Waals surface area (Å²) in [5, 5.41) is 3.38. The lowest BCUT2D eigenvalue weighted by molar-refractivity contribution is 0.174. The van der Waals surface area contributed by atoms with Gasteiger partial charge in [0.2, 0.25) is 6.79 Å². The van der Waals surface area contributed by atoms with Gasteiger partial charge in [-0.3, -0.25) is 0 Å². The summed E-state index contributed by atoms with van der Waals surface area (Å²) in [7, 11) is 0. The van der Waals surface area contributed by atoms with Gasteiger partial charge in [0.25, 0.3) is 0 Å². The first-order valence-corrected chi connectivity index (χ1v) is 7.53. The van der Waals surface area contributed by atoms with E-state index in [9.17, 15) is 0 Å². The number of nitrogens with one attached hydrogen (secondary N) is 1. The molecule has 0 saturated heterocycles. The van der Waals surface area contributed by atoms with Gasteiger partial charge < -0.3 is 20.5 Å². The lowest BCUT2D eigenvalue weighted by atomic mass is 10.0. The van der Waals surface area contributed by atoms with E-state index in [0.29, 0.717) is 6.79 Å². The zero-order valence-electron chi connectivity index (χ0n) is 12.5. The van der Waals surface area contributed by atoms with Crippen LogP contribution >= 0.6 is 0 Å². The van der Waals surface area contributed by atoms with Crippen molar-refractivity contribution in [1.82, 2.24) is 5.32 Å². The van der Waals surface area contributed by atoms with Crippen molar-refractivity contribution < 1.29 is 9.47 Å². The largest absolute Gasteiger partial charge is 0.454 e. The summed E-state index contributed by atoms with van der Waals surface area (Å²) in [6.07, 6.45) is 2.90. The van der Waals surface area contributed by atoms with Crippen molar-refractivity contribution in [3.05, 3.63) is 66.1 Å². The molecule has 1 unspecified atom stereocenters. The summed E-state index contributed by atoms with van der Waals surface area (Å²) >= 11 is 0. The first-order chi connectivity index (χ1) is 10.8. The molecule has 22 heavy (non-hydrogen) atoms. The van der Waals surface area contributed by atoms with E-state index in [-0.39, 0.29) is 6.04 Å². The van der Waals surface area contributed by atoms with Crippen LogP contribution in [0.3, 0.4) is 0 Å². The molecule has 1 aliphatic heterocycles. The van der Waals surface area contributed by atoms with Crippen LogP contribution in [0.15, 0.2) is 48.5 Å². The molecule has 2 aromatic rings. The summed E-state index contributed by atoms with van der Waals surface area (Å²) < 4.78 is 10.7. The minimum Gasteiger partial charge on any atom is -0.454 e. The number of fused-ring (bicyclic) bond motifs is 1. The van der Waals surface area contributed by atoms with E-state index in [0.717, 1.165) is 36.6 Å². The van der Waals surface area contributed by atoms with Crippen LogP contribution in [0.5, 0.6) is 11.5 Å². The molecule has 1 radical (unpaired) electrons. The summed E-state index contributed by atoms with van der Waals surface area (Å²) in [6.45, 7) is 1.95. The highest BCUT2D eigenvalue weighted by atomic mass is 16.7. The molecule has 0 saturated carbocycles. The minimum absolute atomic E-state index is 0.0173. The Morgan fingerprint density at radius 2 is 1.86 bits per heavy atom. The monoisotopic (exact) mass is 297 g/mol. The van der Waals surface area contributed by atoms with Crippen molar-refractivity contribution >= 4 is 0 Å². The van der Waals surface area contributed by atoms with E-state index in [4.69, 9.17) is 15.2 Å². The fourth-order valence-corrected chi connectivity index (χ4v) is 2.47. The maximum Gasteiger partial charge on any atom is 0.231 e. The Kier molecular flexibility index (Phi) is 4.93. The standard InChI is InChI=1S/C18H21N2O2/c19-16(8-9-20-12-14-4-2-1-3-5-14)10-15-6-7-17-18(11-15)22-13-21-17/h1-8,11,16,20H,9-10,12-13,19H2. The maximum absolute atomic E-state index is 6.16. The second-order valence-corrected chi connectivity index (χ2v) is 5.41. The molecule has 115 valence electrons. The first kappa shape index (κ1) is 14.9.